The number of carbonyl (C=O) groups is 3. The van der Waals surface area contributed by atoms with E-state index >= 15 is 0 Å². The summed E-state index contributed by atoms with van der Waals surface area (Å²) in [6.45, 7) is 6.38. The molecule has 1 atom stereocenters. The molecule has 1 aliphatic rings. The van der Waals surface area contributed by atoms with Crippen LogP contribution in [0.4, 0.5) is 11.4 Å². The molecule has 8 heteroatoms. The highest BCUT2D eigenvalue weighted by molar-refractivity contribution is 5.97. The van der Waals surface area contributed by atoms with Gasteiger partial charge in [0.2, 0.25) is 0 Å². The van der Waals surface area contributed by atoms with E-state index in [1.165, 1.54) is 6.92 Å². The Balaban J connectivity index is 1.83. The zero-order valence-electron chi connectivity index (χ0n) is 15.5. The Morgan fingerprint density at radius 1 is 1.15 bits per heavy atom. The minimum absolute atomic E-state index is 0.210. The van der Waals surface area contributed by atoms with Crippen molar-refractivity contribution in [3.05, 3.63) is 36.4 Å². The predicted octanol–water partition coefficient (Wildman–Crippen LogP) is 1.51. The molecular formula is C19H24N2O6. The number of hydrogen-bond acceptors (Lipinski definition) is 7. The van der Waals surface area contributed by atoms with E-state index in [0.717, 1.165) is 30.9 Å². The largest absolute Gasteiger partial charge is 0.463 e. The fourth-order valence-electron chi connectivity index (χ4n) is 2.41. The molecule has 1 aliphatic heterocycles. The third kappa shape index (κ3) is 6.74. The minimum atomic E-state index is -1.01. The summed E-state index contributed by atoms with van der Waals surface area (Å²) in [6.07, 6.45) is 0.878. The van der Waals surface area contributed by atoms with Crippen molar-refractivity contribution >= 4 is 29.2 Å². The van der Waals surface area contributed by atoms with Gasteiger partial charge in [0.05, 0.1) is 19.8 Å². The Kier molecular flexibility index (Phi) is 7.81. The van der Waals surface area contributed by atoms with Gasteiger partial charge in [-0.2, -0.15) is 0 Å². The van der Waals surface area contributed by atoms with Crippen LogP contribution in [0.5, 0.6) is 0 Å². The van der Waals surface area contributed by atoms with Gasteiger partial charge < -0.3 is 24.4 Å². The molecule has 0 bridgehead atoms. The highest BCUT2D eigenvalue weighted by atomic mass is 16.5. The van der Waals surface area contributed by atoms with Gasteiger partial charge in [0.25, 0.3) is 5.91 Å². The first-order valence-electron chi connectivity index (χ1n) is 8.78. The topological polar surface area (TPSA) is 94.2 Å². The molecule has 1 N–H and O–H groups in total. The number of amides is 1. The molecule has 0 radical (unpaired) electrons. The Labute approximate surface area is 158 Å². The maximum absolute atomic E-state index is 12.1. The van der Waals surface area contributed by atoms with Crippen molar-refractivity contribution in [3.8, 4) is 0 Å². The van der Waals surface area contributed by atoms with Gasteiger partial charge in [0.1, 0.15) is 0 Å². The molecule has 1 aromatic carbocycles. The number of esters is 2. The van der Waals surface area contributed by atoms with Crippen molar-refractivity contribution in [2.75, 3.05) is 43.1 Å². The van der Waals surface area contributed by atoms with E-state index in [4.69, 9.17) is 9.47 Å². The first-order chi connectivity index (χ1) is 13.0. The van der Waals surface area contributed by atoms with E-state index in [2.05, 4.69) is 15.0 Å². The van der Waals surface area contributed by atoms with Gasteiger partial charge in [-0.15, -0.1) is 0 Å². The van der Waals surface area contributed by atoms with Gasteiger partial charge in [-0.3, -0.25) is 4.79 Å². The Bertz CT molecular complexity index is 680. The number of benzene rings is 1. The SMILES string of the molecule is CCOC(=O)/C=C/C(=O)OC(C)C(=O)Nc1ccc(N2CCOCC2)cc1. The number of ether oxygens (including phenoxy) is 3. The molecule has 0 aliphatic carbocycles. The fraction of sp³-hybridized carbons (Fsp3) is 0.421. The minimum Gasteiger partial charge on any atom is -0.463 e. The molecule has 0 spiro atoms. The summed E-state index contributed by atoms with van der Waals surface area (Å²) in [6, 6.07) is 7.41. The lowest BCUT2D eigenvalue weighted by atomic mass is 10.2. The van der Waals surface area contributed by atoms with Crippen molar-refractivity contribution in [2.45, 2.75) is 20.0 Å². The van der Waals surface area contributed by atoms with Crippen molar-refractivity contribution in [1.29, 1.82) is 0 Å². The molecule has 1 unspecified atom stereocenters. The predicted molar refractivity (Wildman–Crippen MR) is 99.4 cm³/mol. The Morgan fingerprint density at radius 2 is 1.78 bits per heavy atom. The molecule has 1 amide bonds. The Morgan fingerprint density at radius 3 is 2.41 bits per heavy atom. The van der Waals surface area contributed by atoms with Crippen molar-refractivity contribution < 1.29 is 28.6 Å². The number of nitrogens with one attached hydrogen (secondary N) is 1. The third-order valence-corrected chi connectivity index (χ3v) is 3.82. The van der Waals surface area contributed by atoms with E-state index in [-0.39, 0.29) is 6.61 Å². The second-order valence-corrected chi connectivity index (χ2v) is 5.80. The second kappa shape index (κ2) is 10.3. The highest BCUT2D eigenvalue weighted by Crippen LogP contribution is 2.19. The average Bonchev–Trinajstić information content (AvgIpc) is 2.68. The van der Waals surface area contributed by atoms with Crippen LogP contribution in [0, 0.1) is 0 Å². The third-order valence-electron chi connectivity index (χ3n) is 3.82. The van der Waals surface area contributed by atoms with Crippen LogP contribution in [0.1, 0.15) is 13.8 Å². The van der Waals surface area contributed by atoms with Crippen molar-refractivity contribution in [1.82, 2.24) is 0 Å². The first kappa shape index (κ1) is 20.4. The molecular weight excluding hydrogens is 352 g/mol. The summed E-state index contributed by atoms with van der Waals surface area (Å²) in [5.41, 5.74) is 1.65. The standard InChI is InChI=1S/C19H24N2O6/c1-3-26-17(22)8-9-18(23)27-14(2)19(24)20-15-4-6-16(7-5-15)21-10-12-25-13-11-21/h4-9,14H,3,10-13H2,1-2H3,(H,20,24)/b9-8+. The van der Waals surface area contributed by atoms with Gasteiger partial charge in [0, 0.05) is 36.6 Å². The summed E-state index contributed by atoms with van der Waals surface area (Å²) in [7, 11) is 0. The number of hydrogen-bond donors (Lipinski definition) is 1. The van der Waals surface area contributed by atoms with Crippen LogP contribution in [-0.4, -0.2) is 56.9 Å². The average molecular weight is 376 g/mol. The van der Waals surface area contributed by atoms with Crippen LogP contribution in [-0.2, 0) is 28.6 Å². The van der Waals surface area contributed by atoms with Gasteiger partial charge in [-0.1, -0.05) is 0 Å². The number of nitrogens with zero attached hydrogens (tertiary/aromatic N) is 1. The lowest BCUT2D eigenvalue weighted by molar-refractivity contribution is -0.148. The van der Waals surface area contributed by atoms with Crippen molar-refractivity contribution in [3.63, 3.8) is 0 Å². The normalized spacial score (nSPS) is 15.3. The van der Waals surface area contributed by atoms with E-state index in [1.807, 2.05) is 12.1 Å². The smallest absolute Gasteiger partial charge is 0.331 e. The van der Waals surface area contributed by atoms with Gasteiger partial charge in [-0.05, 0) is 38.1 Å². The van der Waals surface area contributed by atoms with Crippen LogP contribution >= 0.6 is 0 Å². The highest BCUT2D eigenvalue weighted by Gasteiger charge is 2.17. The molecule has 0 saturated carbocycles. The first-order valence-corrected chi connectivity index (χ1v) is 8.78. The molecule has 1 heterocycles. The van der Waals surface area contributed by atoms with Crippen LogP contribution in [0.25, 0.3) is 0 Å². The maximum Gasteiger partial charge on any atom is 0.331 e. The van der Waals surface area contributed by atoms with Gasteiger partial charge in [-0.25, -0.2) is 9.59 Å². The Hall–Kier alpha value is -2.87. The summed E-state index contributed by atoms with van der Waals surface area (Å²) in [4.78, 5) is 37.1. The molecule has 1 aromatic rings. The molecule has 1 saturated heterocycles. The summed E-state index contributed by atoms with van der Waals surface area (Å²) in [5.74, 6) is -1.91. The van der Waals surface area contributed by atoms with Crippen LogP contribution in [0.3, 0.4) is 0 Å². The monoisotopic (exact) mass is 376 g/mol. The van der Waals surface area contributed by atoms with Crippen molar-refractivity contribution in [2.24, 2.45) is 0 Å². The summed E-state index contributed by atoms with van der Waals surface area (Å²) >= 11 is 0. The molecule has 146 valence electrons. The number of carbonyl (C=O) groups excluding carboxylic acids is 3. The molecule has 0 aromatic heterocycles. The molecule has 27 heavy (non-hydrogen) atoms. The molecule has 8 nitrogen and oxygen atoms in total. The molecule has 1 fully saturated rings. The van der Waals surface area contributed by atoms with Gasteiger partial charge in [0.15, 0.2) is 6.10 Å². The lowest BCUT2D eigenvalue weighted by Gasteiger charge is -2.28. The lowest BCUT2D eigenvalue weighted by Crippen LogP contribution is -2.36. The zero-order chi connectivity index (χ0) is 19.6. The molecule has 2 rings (SSSR count). The van der Waals surface area contributed by atoms with E-state index in [9.17, 15) is 14.4 Å². The fourth-order valence-corrected chi connectivity index (χ4v) is 2.41. The number of morpholine rings is 1. The summed E-state index contributed by atoms with van der Waals surface area (Å²) in [5, 5.41) is 2.69. The van der Waals surface area contributed by atoms with Crippen LogP contribution < -0.4 is 10.2 Å². The van der Waals surface area contributed by atoms with Gasteiger partial charge >= 0.3 is 11.9 Å². The number of anilines is 2. The number of rotatable bonds is 7. The summed E-state index contributed by atoms with van der Waals surface area (Å²) < 4.78 is 14.9. The van der Waals surface area contributed by atoms with E-state index in [0.29, 0.717) is 18.9 Å². The van der Waals surface area contributed by atoms with Crippen LogP contribution in [0.15, 0.2) is 36.4 Å². The second-order valence-electron chi connectivity index (χ2n) is 5.80. The van der Waals surface area contributed by atoms with Crippen LogP contribution in [0.2, 0.25) is 0 Å². The zero-order valence-corrected chi connectivity index (χ0v) is 15.5. The van der Waals surface area contributed by atoms with E-state index in [1.54, 1.807) is 19.1 Å². The maximum atomic E-state index is 12.1. The van der Waals surface area contributed by atoms with E-state index < -0.39 is 23.9 Å². The quantitative estimate of drug-likeness (QED) is 0.569.